The second-order valence-electron chi connectivity index (χ2n) is 5.71. The Labute approximate surface area is 156 Å². The van der Waals surface area contributed by atoms with Crippen LogP contribution in [-0.4, -0.2) is 29.9 Å². The van der Waals surface area contributed by atoms with Gasteiger partial charge in [-0.3, -0.25) is 9.59 Å². The second-order valence-corrected chi connectivity index (χ2v) is 5.71. The molecule has 2 rings (SSSR count). The summed E-state index contributed by atoms with van der Waals surface area (Å²) in [6, 6.07) is 15.4. The van der Waals surface area contributed by atoms with Gasteiger partial charge in [0.25, 0.3) is 0 Å². The number of ether oxygens (including phenoxy) is 1. The maximum absolute atomic E-state index is 12.6. The molecule has 0 spiro atoms. The molecule has 0 atom stereocenters. The summed E-state index contributed by atoms with van der Waals surface area (Å²) >= 11 is 0. The number of alkyl halides is 2. The highest BCUT2D eigenvalue weighted by atomic mass is 19.3. The highest BCUT2D eigenvalue weighted by Gasteiger charge is 2.13. The van der Waals surface area contributed by atoms with Crippen molar-refractivity contribution in [3.8, 4) is 5.75 Å². The van der Waals surface area contributed by atoms with E-state index in [2.05, 4.69) is 4.74 Å². The fraction of sp³-hybridized carbons (Fsp3) is 0.200. The Morgan fingerprint density at radius 1 is 1.07 bits per heavy atom. The van der Waals surface area contributed by atoms with E-state index in [-0.39, 0.29) is 24.6 Å². The molecule has 0 aliphatic carbocycles. The van der Waals surface area contributed by atoms with Crippen molar-refractivity contribution < 1.29 is 23.1 Å². The standard InChI is InChI=1S/C20H20F2N2O3/c21-20(22)27-17-9-5-4-8-16(17)10-11-19(26)24(13-12-18(23)25)14-15-6-2-1-3-7-15/h1-11,20H,12-14H2,(H2,23,25)/b11-10+. The molecule has 2 amide bonds. The maximum Gasteiger partial charge on any atom is 0.387 e. The van der Waals surface area contributed by atoms with E-state index in [4.69, 9.17) is 5.73 Å². The lowest BCUT2D eigenvalue weighted by molar-refractivity contribution is -0.127. The lowest BCUT2D eigenvalue weighted by Crippen LogP contribution is -2.32. The molecule has 0 bridgehead atoms. The highest BCUT2D eigenvalue weighted by molar-refractivity contribution is 5.92. The second kappa shape index (κ2) is 10.1. The molecule has 0 saturated heterocycles. The number of carbonyl (C=O) groups excluding carboxylic acids is 2. The van der Waals surface area contributed by atoms with Gasteiger partial charge in [-0.15, -0.1) is 0 Å². The molecular formula is C20H20F2N2O3. The Morgan fingerprint density at radius 3 is 2.41 bits per heavy atom. The summed E-state index contributed by atoms with van der Waals surface area (Å²) in [5.74, 6) is -0.907. The molecule has 0 saturated carbocycles. The SMILES string of the molecule is NC(=O)CCN(Cc1ccccc1)C(=O)/C=C/c1ccccc1OC(F)F. The van der Waals surface area contributed by atoms with Crippen LogP contribution in [0, 0.1) is 0 Å². The first-order chi connectivity index (χ1) is 13.0. The van der Waals surface area contributed by atoms with Crippen molar-refractivity contribution in [2.75, 3.05) is 6.54 Å². The molecule has 7 heteroatoms. The van der Waals surface area contributed by atoms with Crippen molar-refractivity contribution in [1.82, 2.24) is 4.90 Å². The van der Waals surface area contributed by atoms with Crippen molar-refractivity contribution in [2.45, 2.75) is 19.6 Å². The average molecular weight is 374 g/mol. The lowest BCUT2D eigenvalue weighted by atomic mass is 10.1. The van der Waals surface area contributed by atoms with E-state index in [0.717, 1.165) is 5.56 Å². The molecule has 2 aromatic rings. The van der Waals surface area contributed by atoms with Crippen LogP contribution in [0.4, 0.5) is 8.78 Å². The Kier molecular flexibility index (Phi) is 7.49. The number of nitrogens with zero attached hydrogens (tertiary/aromatic N) is 1. The Morgan fingerprint density at radius 2 is 1.74 bits per heavy atom. The average Bonchev–Trinajstić information content (AvgIpc) is 2.64. The number of hydrogen-bond donors (Lipinski definition) is 1. The third-order valence-corrected chi connectivity index (χ3v) is 3.70. The van der Waals surface area contributed by atoms with Gasteiger partial charge in [0.05, 0.1) is 0 Å². The zero-order chi connectivity index (χ0) is 19.6. The largest absolute Gasteiger partial charge is 0.434 e. The van der Waals surface area contributed by atoms with Crippen LogP contribution < -0.4 is 10.5 Å². The van der Waals surface area contributed by atoms with E-state index in [9.17, 15) is 18.4 Å². The van der Waals surface area contributed by atoms with E-state index in [1.54, 1.807) is 18.2 Å². The summed E-state index contributed by atoms with van der Waals surface area (Å²) in [7, 11) is 0. The lowest BCUT2D eigenvalue weighted by Gasteiger charge is -2.21. The molecule has 142 valence electrons. The zero-order valence-corrected chi connectivity index (χ0v) is 14.6. The van der Waals surface area contributed by atoms with Crippen molar-refractivity contribution in [3.05, 3.63) is 71.8 Å². The molecule has 0 aliphatic rings. The number of amides is 2. The molecule has 2 N–H and O–H groups in total. The summed E-state index contributed by atoms with van der Waals surface area (Å²) in [5, 5.41) is 0. The molecule has 27 heavy (non-hydrogen) atoms. The van der Waals surface area contributed by atoms with Gasteiger partial charge in [0, 0.05) is 31.1 Å². The van der Waals surface area contributed by atoms with Gasteiger partial charge in [0.1, 0.15) is 5.75 Å². The van der Waals surface area contributed by atoms with Gasteiger partial charge in [-0.1, -0.05) is 48.5 Å². The summed E-state index contributed by atoms with van der Waals surface area (Å²) in [6.45, 7) is -2.50. The summed E-state index contributed by atoms with van der Waals surface area (Å²) in [6.07, 6.45) is 2.69. The van der Waals surface area contributed by atoms with Gasteiger partial charge in [-0.2, -0.15) is 8.78 Å². The maximum atomic E-state index is 12.6. The first kappa shape index (κ1) is 20.1. The quantitative estimate of drug-likeness (QED) is 0.685. The van der Waals surface area contributed by atoms with Crippen LogP contribution in [-0.2, 0) is 16.1 Å². The first-order valence-electron chi connectivity index (χ1n) is 8.29. The molecule has 2 aromatic carbocycles. The van der Waals surface area contributed by atoms with Crippen molar-refractivity contribution in [1.29, 1.82) is 0 Å². The van der Waals surface area contributed by atoms with Gasteiger partial charge in [0.2, 0.25) is 11.8 Å². The third kappa shape index (κ3) is 6.89. The monoisotopic (exact) mass is 374 g/mol. The molecule has 0 aromatic heterocycles. The van der Waals surface area contributed by atoms with Gasteiger partial charge < -0.3 is 15.4 Å². The topological polar surface area (TPSA) is 72.6 Å². The Bertz CT molecular complexity index is 795. The van der Waals surface area contributed by atoms with Gasteiger partial charge in [-0.25, -0.2) is 0 Å². The van der Waals surface area contributed by atoms with Crippen LogP contribution in [0.15, 0.2) is 60.7 Å². The van der Waals surface area contributed by atoms with Gasteiger partial charge in [0.15, 0.2) is 0 Å². The molecule has 0 fully saturated rings. The molecule has 0 radical (unpaired) electrons. The zero-order valence-electron chi connectivity index (χ0n) is 14.6. The molecule has 0 unspecified atom stereocenters. The highest BCUT2D eigenvalue weighted by Crippen LogP contribution is 2.21. The summed E-state index contributed by atoms with van der Waals surface area (Å²) in [4.78, 5) is 25.1. The number of carbonyl (C=O) groups is 2. The Balaban J connectivity index is 2.14. The number of rotatable bonds is 9. The summed E-state index contributed by atoms with van der Waals surface area (Å²) < 4.78 is 29.4. The van der Waals surface area contributed by atoms with Crippen LogP contribution in [0.25, 0.3) is 6.08 Å². The minimum absolute atomic E-state index is 0.0247. The van der Waals surface area contributed by atoms with E-state index < -0.39 is 12.5 Å². The predicted molar refractivity (Wildman–Crippen MR) is 97.8 cm³/mol. The third-order valence-electron chi connectivity index (χ3n) is 3.70. The number of benzene rings is 2. The van der Waals surface area contributed by atoms with Gasteiger partial charge in [-0.05, 0) is 17.7 Å². The van der Waals surface area contributed by atoms with Crippen LogP contribution in [0.1, 0.15) is 17.5 Å². The van der Waals surface area contributed by atoms with E-state index >= 15 is 0 Å². The van der Waals surface area contributed by atoms with Crippen molar-refractivity contribution >= 4 is 17.9 Å². The number of hydrogen-bond acceptors (Lipinski definition) is 3. The minimum atomic E-state index is -2.96. The molecule has 0 heterocycles. The normalized spacial score (nSPS) is 10.9. The van der Waals surface area contributed by atoms with Crippen molar-refractivity contribution in [2.24, 2.45) is 5.73 Å². The van der Waals surface area contributed by atoms with Crippen LogP contribution in [0.3, 0.4) is 0 Å². The number of nitrogens with two attached hydrogens (primary N) is 1. The molecule has 0 aliphatic heterocycles. The number of para-hydroxylation sites is 1. The van der Waals surface area contributed by atoms with E-state index in [1.165, 1.54) is 23.1 Å². The Hall–Kier alpha value is -3.22. The van der Waals surface area contributed by atoms with Crippen LogP contribution in [0.2, 0.25) is 0 Å². The fourth-order valence-corrected chi connectivity index (χ4v) is 2.40. The van der Waals surface area contributed by atoms with E-state index in [1.807, 2.05) is 30.3 Å². The van der Waals surface area contributed by atoms with Crippen LogP contribution in [0.5, 0.6) is 5.75 Å². The number of halogens is 2. The minimum Gasteiger partial charge on any atom is -0.434 e. The summed E-state index contributed by atoms with van der Waals surface area (Å²) in [5.41, 5.74) is 6.42. The van der Waals surface area contributed by atoms with Crippen molar-refractivity contribution in [3.63, 3.8) is 0 Å². The predicted octanol–water partition coefficient (Wildman–Crippen LogP) is 3.21. The first-order valence-corrected chi connectivity index (χ1v) is 8.29. The number of primary amides is 1. The van der Waals surface area contributed by atoms with E-state index in [0.29, 0.717) is 12.1 Å². The van der Waals surface area contributed by atoms with Gasteiger partial charge >= 0.3 is 6.61 Å². The smallest absolute Gasteiger partial charge is 0.387 e. The molecule has 5 nitrogen and oxygen atoms in total. The fourth-order valence-electron chi connectivity index (χ4n) is 2.40. The molecular weight excluding hydrogens is 354 g/mol. The van der Waals surface area contributed by atoms with Crippen LogP contribution >= 0.6 is 0 Å².